The van der Waals surface area contributed by atoms with Gasteiger partial charge >= 0.3 is 0 Å². The van der Waals surface area contributed by atoms with Gasteiger partial charge in [-0.05, 0) is 31.5 Å². The summed E-state index contributed by atoms with van der Waals surface area (Å²) in [5.74, 6) is -0.0651. The molecule has 0 saturated carbocycles. The van der Waals surface area contributed by atoms with Crippen LogP contribution in [0.15, 0.2) is 47.6 Å². The highest BCUT2D eigenvalue weighted by Crippen LogP contribution is 2.30. The summed E-state index contributed by atoms with van der Waals surface area (Å²) >= 11 is 0. The van der Waals surface area contributed by atoms with Gasteiger partial charge < -0.3 is 0 Å². The van der Waals surface area contributed by atoms with Crippen LogP contribution in [0.25, 0.3) is 0 Å². The highest BCUT2D eigenvalue weighted by atomic mass is 32.2. The Morgan fingerprint density at radius 1 is 1.14 bits per heavy atom. The number of anilines is 1. The SMILES string of the molecule is Cc1ccc(S(=O)(=O)N2CCCC(=O)c3cnccc32)cc1. The zero-order valence-corrected chi connectivity index (χ0v) is 13.0. The van der Waals surface area contributed by atoms with Crippen LogP contribution in [0.3, 0.4) is 0 Å². The Kier molecular flexibility index (Phi) is 3.70. The lowest BCUT2D eigenvalue weighted by molar-refractivity contribution is 0.0983. The van der Waals surface area contributed by atoms with E-state index in [1.165, 1.54) is 16.7 Å². The molecule has 0 spiro atoms. The molecule has 0 amide bonds. The number of hydrogen-bond acceptors (Lipinski definition) is 4. The smallest absolute Gasteiger partial charge is 0.264 e. The van der Waals surface area contributed by atoms with E-state index in [0.29, 0.717) is 30.6 Å². The maximum Gasteiger partial charge on any atom is 0.264 e. The van der Waals surface area contributed by atoms with Crippen molar-refractivity contribution in [1.82, 2.24) is 4.98 Å². The number of aromatic nitrogens is 1. The molecule has 0 unspecified atom stereocenters. The van der Waals surface area contributed by atoms with Crippen LogP contribution in [0.4, 0.5) is 5.69 Å². The fourth-order valence-corrected chi connectivity index (χ4v) is 4.07. The molecule has 1 aromatic heterocycles. The average Bonchev–Trinajstić information content (AvgIpc) is 2.68. The molecule has 2 heterocycles. The number of carbonyl (C=O) groups is 1. The lowest BCUT2D eigenvalue weighted by atomic mass is 10.1. The Hall–Kier alpha value is -2.21. The molecular formula is C16H16N2O3S. The molecule has 1 aliphatic heterocycles. The number of hydrogen-bond donors (Lipinski definition) is 0. The molecule has 1 aromatic carbocycles. The summed E-state index contributed by atoms with van der Waals surface area (Å²) in [7, 11) is -3.69. The van der Waals surface area contributed by atoms with Gasteiger partial charge in [-0.15, -0.1) is 0 Å². The first-order valence-corrected chi connectivity index (χ1v) is 8.51. The zero-order valence-electron chi connectivity index (χ0n) is 12.2. The van der Waals surface area contributed by atoms with Crippen molar-refractivity contribution in [3.8, 4) is 0 Å². The molecule has 0 fully saturated rings. The van der Waals surface area contributed by atoms with Gasteiger partial charge in [0.05, 0.1) is 16.1 Å². The molecular weight excluding hydrogens is 300 g/mol. The number of benzene rings is 1. The molecule has 5 nitrogen and oxygen atoms in total. The van der Waals surface area contributed by atoms with Crippen molar-refractivity contribution in [1.29, 1.82) is 0 Å². The number of ketones is 1. The molecule has 2 aromatic rings. The van der Waals surface area contributed by atoms with Gasteiger partial charge in [-0.3, -0.25) is 14.1 Å². The van der Waals surface area contributed by atoms with E-state index in [9.17, 15) is 13.2 Å². The van der Waals surface area contributed by atoms with Crippen LogP contribution < -0.4 is 4.31 Å². The van der Waals surface area contributed by atoms with E-state index in [-0.39, 0.29) is 10.7 Å². The summed E-state index contributed by atoms with van der Waals surface area (Å²) in [6.07, 6.45) is 3.78. The molecule has 0 N–H and O–H groups in total. The van der Waals surface area contributed by atoms with E-state index in [0.717, 1.165) is 5.56 Å². The number of nitrogens with zero attached hydrogens (tertiary/aromatic N) is 2. The fourth-order valence-electron chi connectivity index (χ4n) is 2.54. The van der Waals surface area contributed by atoms with Gasteiger partial charge in [-0.1, -0.05) is 17.7 Å². The minimum absolute atomic E-state index is 0.0651. The Labute approximate surface area is 129 Å². The van der Waals surface area contributed by atoms with Crippen molar-refractivity contribution in [2.24, 2.45) is 0 Å². The van der Waals surface area contributed by atoms with E-state index in [4.69, 9.17) is 0 Å². The third-order valence-electron chi connectivity index (χ3n) is 3.74. The maximum atomic E-state index is 12.9. The molecule has 0 radical (unpaired) electrons. The minimum Gasteiger partial charge on any atom is -0.294 e. The Morgan fingerprint density at radius 2 is 1.86 bits per heavy atom. The van der Waals surface area contributed by atoms with Crippen molar-refractivity contribution < 1.29 is 13.2 Å². The molecule has 0 bridgehead atoms. The van der Waals surface area contributed by atoms with E-state index in [1.54, 1.807) is 30.3 Å². The van der Waals surface area contributed by atoms with E-state index >= 15 is 0 Å². The van der Waals surface area contributed by atoms with Gasteiger partial charge in [-0.25, -0.2) is 8.42 Å². The topological polar surface area (TPSA) is 67.3 Å². The largest absolute Gasteiger partial charge is 0.294 e. The van der Waals surface area contributed by atoms with Gasteiger partial charge in [-0.2, -0.15) is 0 Å². The third-order valence-corrected chi connectivity index (χ3v) is 5.57. The van der Waals surface area contributed by atoms with Crippen molar-refractivity contribution in [2.75, 3.05) is 10.8 Å². The number of pyridine rings is 1. The molecule has 0 aliphatic carbocycles. The zero-order chi connectivity index (χ0) is 15.7. The molecule has 114 valence electrons. The van der Waals surface area contributed by atoms with Gasteiger partial charge in [0.2, 0.25) is 0 Å². The van der Waals surface area contributed by atoms with Crippen LogP contribution in [0.1, 0.15) is 28.8 Å². The van der Waals surface area contributed by atoms with Crippen LogP contribution >= 0.6 is 0 Å². The predicted octanol–water partition coefficient (Wildman–Crippen LogP) is 2.56. The second-order valence-electron chi connectivity index (χ2n) is 5.31. The first-order valence-electron chi connectivity index (χ1n) is 7.07. The first kappa shape index (κ1) is 14.7. The van der Waals surface area contributed by atoms with Crippen LogP contribution in [0.5, 0.6) is 0 Å². The molecule has 6 heteroatoms. The molecule has 1 aliphatic rings. The summed E-state index contributed by atoms with van der Waals surface area (Å²) in [4.78, 5) is 16.3. The third kappa shape index (κ3) is 2.50. The highest BCUT2D eigenvalue weighted by molar-refractivity contribution is 7.92. The Balaban J connectivity index is 2.12. The number of Topliss-reactive ketones (excluding diaryl/α,β-unsaturated/α-hetero) is 1. The summed E-state index contributed by atoms with van der Waals surface area (Å²) in [5, 5.41) is 0. The van der Waals surface area contributed by atoms with Crippen molar-refractivity contribution >= 4 is 21.5 Å². The van der Waals surface area contributed by atoms with Gasteiger partial charge in [0, 0.05) is 25.4 Å². The molecule has 0 atom stereocenters. The lowest BCUT2D eigenvalue weighted by Crippen LogP contribution is -2.32. The average molecular weight is 316 g/mol. The summed E-state index contributed by atoms with van der Waals surface area (Å²) in [6, 6.07) is 8.31. The quantitative estimate of drug-likeness (QED) is 0.854. The van der Waals surface area contributed by atoms with Gasteiger partial charge in [0.25, 0.3) is 10.0 Å². The Bertz CT molecular complexity index is 814. The molecule has 3 rings (SSSR count). The summed E-state index contributed by atoms with van der Waals surface area (Å²) in [5.41, 5.74) is 1.78. The highest BCUT2D eigenvalue weighted by Gasteiger charge is 2.30. The number of fused-ring (bicyclic) bond motifs is 1. The van der Waals surface area contributed by atoms with E-state index in [2.05, 4.69) is 4.98 Å². The number of aryl methyl sites for hydroxylation is 1. The maximum absolute atomic E-state index is 12.9. The monoisotopic (exact) mass is 316 g/mol. The van der Waals surface area contributed by atoms with E-state index < -0.39 is 10.0 Å². The molecule has 0 saturated heterocycles. The van der Waals surface area contributed by atoms with Crippen molar-refractivity contribution in [3.63, 3.8) is 0 Å². The normalized spacial score (nSPS) is 15.3. The first-order chi connectivity index (χ1) is 10.5. The van der Waals surface area contributed by atoms with Crippen molar-refractivity contribution in [3.05, 3.63) is 53.9 Å². The predicted molar refractivity (Wildman–Crippen MR) is 83.5 cm³/mol. The van der Waals surface area contributed by atoms with Gasteiger partial charge in [0.15, 0.2) is 5.78 Å². The second kappa shape index (κ2) is 5.53. The second-order valence-corrected chi connectivity index (χ2v) is 7.17. The van der Waals surface area contributed by atoms with Crippen LogP contribution in [0.2, 0.25) is 0 Å². The standard InChI is InChI=1S/C16H16N2O3S/c1-12-4-6-13(7-5-12)22(20,21)18-10-2-3-16(19)14-11-17-9-8-15(14)18/h4-9,11H,2-3,10H2,1H3. The number of sulfonamides is 1. The number of rotatable bonds is 2. The summed E-state index contributed by atoms with van der Waals surface area (Å²) < 4.78 is 27.1. The van der Waals surface area contributed by atoms with Crippen LogP contribution in [-0.4, -0.2) is 25.7 Å². The Morgan fingerprint density at radius 3 is 2.59 bits per heavy atom. The van der Waals surface area contributed by atoms with E-state index in [1.807, 2.05) is 6.92 Å². The summed E-state index contributed by atoms with van der Waals surface area (Å²) in [6.45, 7) is 2.20. The van der Waals surface area contributed by atoms with Crippen molar-refractivity contribution in [2.45, 2.75) is 24.7 Å². The van der Waals surface area contributed by atoms with Crippen LogP contribution in [-0.2, 0) is 10.0 Å². The van der Waals surface area contributed by atoms with Gasteiger partial charge in [0.1, 0.15) is 0 Å². The van der Waals surface area contributed by atoms with Crippen LogP contribution in [0, 0.1) is 6.92 Å². The number of carbonyl (C=O) groups excluding carboxylic acids is 1. The lowest BCUT2D eigenvalue weighted by Gasteiger charge is -2.24. The molecule has 22 heavy (non-hydrogen) atoms. The minimum atomic E-state index is -3.69. The fraction of sp³-hybridized carbons (Fsp3) is 0.250.